The van der Waals surface area contributed by atoms with Crippen LogP contribution in [0.15, 0.2) is 53.0 Å². The Hall–Kier alpha value is -1.52. The minimum Gasteiger partial charge on any atom is -0.507 e. The summed E-state index contributed by atoms with van der Waals surface area (Å²) in [6.45, 7) is 0. The molecule has 18 heavy (non-hydrogen) atoms. The maximum Gasteiger partial charge on any atom is 0.276 e. The summed E-state index contributed by atoms with van der Waals surface area (Å²) in [5.41, 5.74) is 0.677. The first-order chi connectivity index (χ1) is 8.61. The van der Waals surface area contributed by atoms with Crippen LogP contribution < -0.4 is 4.42 Å². The highest BCUT2D eigenvalue weighted by Crippen LogP contribution is 2.30. The lowest BCUT2D eigenvalue weighted by molar-refractivity contribution is 0.100. The number of anilines is 1. The van der Waals surface area contributed by atoms with E-state index in [1.54, 1.807) is 30.3 Å². The van der Waals surface area contributed by atoms with Gasteiger partial charge < -0.3 is 5.11 Å². The summed E-state index contributed by atoms with van der Waals surface area (Å²) in [5.74, 6) is -0.582. The number of benzene rings is 2. The zero-order chi connectivity index (χ0) is 13.1. The third kappa shape index (κ3) is 2.49. The molecule has 0 saturated carbocycles. The Bertz CT molecular complexity index is 589. The molecular formula is C13H9BrClNO2. The van der Waals surface area contributed by atoms with Crippen LogP contribution in [0.1, 0.15) is 10.4 Å². The van der Waals surface area contributed by atoms with Crippen LogP contribution in [0.25, 0.3) is 0 Å². The molecule has 3 nitrogen and oxygen atoms in total. The molecule has 0 aliphatic heterocycles. The summed E-state index contributed by atoms with van der Waals surface area (Å²) in [6.07, 6.45) is 0. The molecule has 0 aliphatic carbocycles. The van der Waals surface area contributed by atoms with Crippen LogP contribution in [0.2, 0.25) is 0 Å². The molecular weight excluding hydrogens is 318 g/mol. The van der Waals surface area contributed by atoms with Crippen molar-refractivity contribution in [2.24, 2.45) is 0 Å². The van der Waals surface area contributed by atoms with Crippen molar-refractivity contribution in [1.82, 2.24) is 0 Å². The van der Waals surface area contributed by atoms with Crippen molar-refractivity contribution in [3.8, 4) is 5.75 Å². The number of carbonyl (C=O) groups is 1. The van der Waals surface area contributed by atoms with Gasteiger partial charge in [0.1, 0.15) is 5.75 Å². The van der Waals surface area contributed by atoms with Crippen LogP contribution in [0.4, 0.5) is 5.69 Å². The monoisotopic (exact) mass is 325 g/mol. The van der Waals surface area contributed by atoms with Crippen molar-refractivity contribution in [3.05, 3.63) is 58.6 Å². The van der Waals surface area contributed by atoms with Gasteiger partial charge in [-0.25, -0.2) is 4.42 Å². The molecule has 0 saturated heterocycles. The summed E-state index contributed by atoms with van der Waals surface area (Å²) < 4.78 is 1.67. The first kappa shape index (κ1) is 12.9. The van der Waals surface area contributed by atoms with Gasteiger partial charge in [0.15, 0.2) is 0 Å². The lowest BCUT2D eigenvalue weighted by Crippen LogP contribution is -2.21. The molecule has 0 aromatic heterocycles. The molecule has 0 radical (unpaired) electrons. The van der Waals surface area contributed by atoms with Crippen molar-refractivity contribution >= 4 is 39.3 Å². The highest BCUT2D eigenvalue weighted by Gasteiger charge is 2.20. The highest BCUT2D eigenvalue weighted by atomic mass is 79.9. The normalized spacial score (nSPS) is 10.1. The summed E-state index contributed by atoms with van der Waals surface area (Å²) in [4.78, 5) is 12.1. The second kappa shape index (κ2) is 5.42. The molecule has 2 aromatic rings. The number of phenols is 1. The van der Waals surface area contributed by atoms with E-state index >= 15 is 0 Å². The Kier molecular flexibility index (Phi) is 3.89. The molecule has 0 heterocycles. The van der Waals surface area contributed by atoms with Gasteiger partial charge >= 0.3 is 0 Å². The predicted molar refractivity (Wildman–Crippen MR) is 74.9 cm³/mol. The van der Waals surface area contributed by atoms with Gasteiger partial charge in [-0.15, -0.1) is 0 Å². The third-order valence-corrected chi connectivity index (χ3v) is 3.38. The maximum absolute atomic E-state index is 12.1. The number of hydrogen-bond donors (Lipinski definition) is 1. The van der Waals surface area contributed by atoms with Crippen molar-refractivity contribution < 1.29 is 9.90 Å². The van der Waals surface area contributed by atoms with E-state index in [4.69, 9.17) is 11.8 Å². The third-order valence-electron chi connectivity index (χ3n) is 2.38. The fourth-order valence-corrected chi connectivity index (χ4v) is 2.28. The Morgan fingerprint density at radius 1 is 1.11 bits per heavy atom. The topological polar surface area (TPSA) is 40.5 Å². The molecule has 0 aliphatic rings. The van der Waals surface area contributed by atoms with Gasteiger partial charge in [-0.2, -0.15) is 0 Å². The Morgan fingerprint density at radius 2 is 1.72 bits per heavy atom. The van der Waals surface area contributed by atoms with E-state index in [-0.39, 0.29) is 11.3 Å². The molecule has 1 N–H and O–H groups in total. The van der Waals surface area contributed by atoms with Crippen LogP contribution in [-0.2, 0) is 0 Å². The maximum atomic E-state index is 12.1. The molecule has 2 rings (SSSR count). The van der Waals surface area contributed by atoms with E-state index in [9.17, 15) is 9.90 Å². The minimum absolute atomic E-state index is 0.0970. The van der Waals surface area contributed by atoms with Crippen LogP contribution in [0, 0.1) is 0 Å². The second-order valence-electron chi connectivity index (χ2n) is 3.55. The molecule has 92 valence electrons. The fraction of sp³-hybridized carbons (Fsp3) is 0. The van der Waals surface area contributed by atoms with Crippen LogP contribution in [0.3, 0.4) is 0 Å². The number of nitrogens with zero attached hydrogens (tertiary/aromatic N) is 1. The predicted octanol–water partition coefficient (Wildman–Crippen LogP) is 3.96. The van der Waals surface area contributed by atoms with E-state index in [0.29, 0.717) is 10.2 Å². The molecule has 5 heteroatoms. The van der Waals surface area contributed by atoms with E-state index in [0.717, 1.165) is 4.42 Å². The lowest BCUT2D eigenvalue weighted by Gasteiger charge is -2.15. The van der Waals surface area contributed by atoms with Crippen LogP contribution in [0.5, 0.6) is 5.75 Å². The molecule has 1 amide bonds. The van der Waals surface area contributed by atoms with E-state index in [1.165, 1.54) is 12.1 Å². The summed E-state index contributed by atoms with van der Waals surface area (Å²) in [6, 6.07) is 13.3. The van der Waals surface area contributed by atoms with Gasteiger partial charge in [-0.3, -0.25) is 4.79 Å². The number of rotatable bonds is 2. The van der Waals surface area contributed by atoms with Gasteiger partial charge in [0.05, 0.1) is 11.3 Å². The van der Waals surface area contributed by atoms with Crippen molar-refractivity contribution in [1.29, 1.82) is 0 Å². The van der Waals surface area contributed by atoms with E-state index < -0.39 is 5.91 Å². The Labute approximate surface area is 118 Å². The minimum atomic E-state index is -0.485. The largest absolute Gasteiger partial charge is 0.507 e. The zero-order valence-electron chi connectivity index (χ0n) is 9.18. The number of carbonyl (C=O) groups excluding carboxylic acids is 1. The summed E-state index contributed by atoms with van der Waals surface area (Å²) in [7, 11) is 0. The second-order valence-corrected chi connectivity index (χ2v) is 4.75. The molecule has 0 atom stereocenters. The molecule has 0 unspecified atom stereocenters. The quantitative estimate of drug-likeness (QED) is 0.849. The first-order valence-corrected chi connectivity index (χ1v) is 6.27. The van der Waals surface area contributed by atoms with Gasteiger partial charge in [-0.1, -0.05) is 24.3 Å². The Morgan fingerprint density at radius 3 is 2.39 bits per heavy atom. The van der Waals surface area contributed by atoms with E-state index in [1.807, 2.05) is 6.07 Å². The lowest BCUT2D eigenvalue weighted by atomic mass is 10.2. The standard InChI is InChI=1S/C13H9BrClNO2/c14-10-6-2-3-7-11(10)16(15)13(18)9-5-1-4-8-12(9)17/h1-8,17H. The van der Waals surface area contributed by atoms with Crippen molar-refractivity contribution in [2.75, 3.05) is 4.42 Å². The van der Waals surface area contributed by atoms with Gasteiger partial charge in [0.2, 0.25) is 0 Å². The van der Waals surface area contributed by atoms with Crippen LogP contribution >= 0.6 is 27.7 Å². The summed E-state index contributed by atoms with van der Waals surface area (Å²) >= 11 is 9.33. The number of aromatic hydroxyl groups is 1. The van der Waals surface area contributed by atoms with Gasteiger partial charge in [0.25, 0.3) is 5.91 Å². The smallest absolute Gasteiger partial charge is 0.276 e. The summed E-state index contributed by atoms with van der Waals surface area (Å²) in [5, 5.41) is 9.63. The number of amides is 1. The number of halogens is 2. The van der Waals surface area contributed by atoms with Crippen molar-refractivity contribution in [3.63, 3.8) is 0 Å². The average Bonchev–Trinajstić information content (AvgIpc) is 2.38. The highest BCUT2D eigenvalue weighted by molar-refractivity contribution is 9.10. The van der Waals surface area contributed by atoms with E-state index in [2.05, 4.69) is 15.9 Å². The van der Waals surface area contributed by atoms with Crippen molar-refractivity contribution in [2.45, 2.75) is 0 Å². The van der Waals surface area contributed by atoms with Gasteiger partial charge in [-0.05, 0) is 40.2 Å². The van der Waals surface area contributed by atoms with Gasteiger partial charge in [0, 0.05) is 16.2 Å². The number of phenolic OH excluding ortho intramolecular Hbond substituents is 1. The average molecular weight is 327 g/mol. The molecule has 0 spiro atoms. The SMILES string of the molecule is O=C(c1ccccc1O)N(Cl)c1ccccc1Br. The number of para-hydroxylation sites is 2. The Balaban J connectivity index is 2.36. The number of hydrogen-bond acceptors (Lipinski definition) is 2. The zero-order valence-corrected chi connectivity index (χ0v) is 11.5. The van der Waals surface area contributed by atoms with Crippen LogP contribution in [-0.4, -0.2) is 11.0 Å². The molecule has 0 bridgehead atoms. The fourth-order valence-electron chi connectivity index (χ4n) is 1.48. The molecule has 0 fully saturated rings. The molecule has 2 aromatic carbocycles. The first-order valence-electron chi connectivity index (χ1n) is 5.14.